The Morgan fingerprint density at radius 2 is 2.10 bits per heavy atom. The molecule has 0 radical (unpaired) electrons. The van der Waals surface area contributed by atoms with Gasteiger partial charge in [0, 0.05) is 52.1 Å². The van der Waals surface area contributed by atoms with Crippen molar-refractivity contribution >= 4 is 11.8 Å². The number of ether oxygens (including phenoxy) is 1. The van der Waals surface area contributed by atoms with Gasteiger partial charge in [0.2, 0.25) is 11.8 Å². The second kappa shape index (κ2) is 8.31. The van der Waals surface area contributed by atoms with Crippen LogP contribution in [0.3, 0.4) is 0 Å². The van der Waals surface area contributed by atoms with Gasteiger partial charge in [-0.1, -0.05) is 0 Å². The summed E-state index contributed by atoms with van der Waals surface area (Å²) in [6, 6.07) is -0.0356. The molecule has 2 aliphatic rings. The van der Waals surface area contributed by atoms with Gasteiger partial charge in [-0.2, -0.15) is 0 Å². The van der Waals surface area contributed by atoms with Gasteiger partial charge in [0.05, 0.1) is 19.3 Å². The molecular formula is C14H26N4O3. The molecule has 0 aromatic heterocycles. The average molecular weight is 298 g/mol. The monoisotopic (exact) mass is 298 g/mol. The zero-order valence-corrected chi connectivity index (χ0v) is 12.8. The molecule has 120 valence electrons. The van der Waals surface area contributed by atoms with Crippen molar-refractivity contribution in [2.24, 2.45) is 0 Å². The molecule has 2 saturated heterocycles. The summed E-state index contributed by atoms with van der Waals surface area (Å²) < 4.78 is 5.31. The molecule has 21 heavy (non-hydrogen) atoms. The van der Waals surface area contributed by atoms with Gasteiger partial charge in [-0.3, -0.25) is 14.5 Å². The maximum Gasteiger partial charge on any atom is 0.224 e. The summed E-state index contributed by atoms with van der Waals surface area (Å²) in [5.74, 6) is 0.152. The predicted molar refractivity (Wildman–Crippen MR) is 78.9 cm³/mol. The van der Waals surface area contributed by atoms with Crippen molar-refractivity contribution in [3.8, 4) is 0 Å². The number of likely N-dealkylation sites (tertiary alicyclic amines) is 1. The minimum absolute atomic E-state index is 0.0113. The third-order valence-electron chi connectivity index (χ3n) is 3.97. The lowest BCUT2D eigenvalue weighted by atomic mass is 10.2. The Bertz CT molecular complexity index is 358. The number of morpholine rings is 1. The molecule has 2 fully saturated rings. The fraction of sp³-hybridized carbons (Fsp3) is 0.857. The lowest BCUT2D eigenvalue weighted by Crippen LogP contribution is -2.43. The predicted octanol–water partition coefficient (Wildman–Crippen LogP) is -1.35. The number of nitrogens with zero attached hydrogens (tertiary/aromatic N) is 2. The molecule has 2 aliphatic heterocycles. The Balaban J connectivity index is 1.68. The molecule has 1 unspecified atom stereocenters. The Morgan fingerprint density at radius 3 is 2.81 bits per heavy atom. The highest BCUT2D eigenvalue weighted by atomic mass is 16.5. The summed E-state index contributed by atoms with van der Waals surface area (Å²) >= 11 is 0. The van der Waals surface area contributed by atoms with Crippen molar-refractivity contribution in [3.63, 3.8) is 0 Å². The van der Waals surface area contributed by atoms with E-state index < -0.39 is 0 Å². The van der Waals surface area contributed by atoms with Crippen molar-refractivity contribution < 1.29 is 14.3 Å². The largest absolute Gasteiger partial charge is 0.379 e. The number of hydrogen-bond acceptors (Lipinski definition) is 5. The van der Waals surface area contributed by atoms with E-state index in [9.17, 15) is 9.59 Å². The van der Waals surface area contributed by atoms with Crippen molar-refractivity contribution in [1.29, 1.82) is 0 Å². The first-order valence-corrected chi connectivity index (χ1v) is 7.71. The van der Waals surface area contributed by atoms with Gasteiger partial charge in [0.25, 0.3) is 0 Å². The van der Waals surface area contributed by atoms with E-state index in [0.717, 1.165) is 39.4 Å². The van der Waals surface area contributed by atoms with Crippen LogP contribution in [0, 0.1) is 0 Å². The second-order valence-corrected chi connectivity index (χ2v) is 5.62. The minimum Gasteiger partial charge on any atom is -0.379 e. The van der Waals surface area contributed by atoms with Crippen LogP contribution in [0.4, 0.5) is 0 Å². The van der Waals surface area contributed by atoms with Crippen molar-refractivity contribution in [3.05, 3.63) is 0 Å². The molecule has 0 aromatic carbocycles. The van der Waals surface area contributed by atoms with E-state index in [4.69, 9.17) is 4.74 Å². The van der Waals surface area contributed by atoms with Gasteiger partial charge >= 0.3 is 0 Å². The lowest BCUT2D eigenvalue weighted by Gasteiger charge is -2.28. The van der Waals surface area contributed by atoms with E-state index in [1.54, 1.807) is 0 Å². The summed E-state index contributed by atoms with van der Waals surface area (Å²) in [5, 5.41) is 5.88. The highest BCUT2D eigenvalue weighted by Crippen LogP contribution is 2.11. The van der Waals surface area contributed by atoms with E-state index in [2.05, 4.69) is 15.5 Å². The zero-order chi connectivity index (χ0) is 15.1. The summed E-state index contributed by atoms with van der Waals surface area (Å²) in [7, 11) is 1.82. The van der Waals surface area contributed by atoms with Gasteiger partial charge in [0.1, 0.15) is 0 Å². The second-order valence-electron chi connectivity index (χ2n) is 5.62. The van der Waals surface area contributed by atoms with Crippen LogP contribution in [0.15, 0.2) is 0 Å². The van der Waals surface area contributed by atoms with Gasteiger partial charge < -0.3 is 20.3 Å². The first-order chi connectivity index (χ1) is 10.2. The first kappa shape index (κ1) is 16.2. The molecule has 2 N–H and O–H groups in total. The third kappa shape index (κ3) is 5.26. The maximum absolute atomic E-state index is 12.0. The van der Waals surface area contributed by atoms with Crippen molar-refractivity contribution in [2.75, 3.05) is 59.5 Å². The zero-order valence-electron chi connectivity index (χ0n) is 12.8. The van der Waals surface area contributed by atoms with Crippen LogP contribution in [-0.4, -0.2) is 87.2 Å². The highest BCUT2D eigenvalue weighted by Gasteiger charge is 2.30. The highest BCUT2D eigenvalue weighted by molar-refractivity contribution is 5.82. The van der Waals surface area contributed by atoms with Crippen LogP contribution < -0.4 is 10.6 Å². The van der Waals surface area contributed by atoms with Crippen LogP contribution >= 0.6 is 0 Å². The molecular weight excluding hydrogens is 272 g/mol. The van der Waals surface area contributed by atoms with E-state index in [1.165, 1.54) is 0 Å². The SMILES string of the molecule is CNCCC(=O)NC1CC(=O)N(CCN2CCOCC2)C1. The van der Waals surface area contributed by atoms with E-state index in [0.29, 0.717) is 25.9 Å². The summed E-state index contributed by atoms with van der Waals surface area (Å²) in [5.41, 5.74) is 0. The van der Waals surface area contributed by atoms with Crippen molar-refractivity contribution in [2.45, 2.75) is 18.9 Å². The number of amides is 2. The smallest absolute Gasteiger partial charge is 0.224 e. The summed E-state index contributed by atoms with van der Waals surface area (Å²) in [4.78, 5) is 27.8. The lowest BCUT2D eigenvalue weighted by molar-refractivity contribution is -0.128. The normalized spacial score (nSPS) is 23.6. The number of carbonyl (C=O) groups is 2. The van der Waals surface area contributed by atoms with E-state index >= 15 is 0 Å². The van der Waals surface area contributed by atoms with Crippen molar-refractivity contribution in [1.82, 2.24) is 20.4 Å². The summed E-state index contributed by atoms with van der Waals surface area (Å²) in [6.07, 6.45) is 0.878. The summed E-state index contributed by atoms with van der Waals surface area (Å²) in [6.45, 7) is 6.34. The Morgan fingerprint density at radius 1 is 1.33 bits per heavy atom. The molecule has 7 heteroatoms. The van der Waals surface area contributed by atoms with E-state index in [-0.39, 0.29) is 17.9 Å². The number of nitrogens with one attached hydrogen (secondary N) is 2. The first-order valence-electron chi connectivity index (χ1n) is 7.71. The Labute approximate surface area is 126 Å². The molecule has 2 amide bonds. The Hall–Kier alpha value is -1.18. The number of carbonyl (C=O) groups excluding carboxylic acids is 2. The molecule has 0 bridgehead atoms. The molecule has 0 spiro atoms. The molecule has 0 saturated carbocycles. The molecule has 1 atom stereocenters. The molecule has 2 rings (SSSR count). The topological polar surface area (TPSA) is 73.9 Å². The molecule has 0 aromatic rings. The quantitative estimate of drug-likeness (QED) is 0.608. The fourth-order valence-corrected chi connectivity index (χ4v) is 2.71. The van der Waals surface area contributed by atoms with Gasteiger partial charge in [-0.05, 0) is 7.05 Å². The number of rotatable bonds is 7. The van der Waals surface area contributed by atoms with Crippen LogP contribution in [-0.2, 0) is 14.3 Å². The van der Waals surface area contributed by atoms with E-state index in [1.807, 2.05) is 11.9 Å². The average Bonchev–Trinajstić information content (AvgIpc) is 2.84. The minimum atomic E-state index is -0.0356. The Kier molecular flexibility index (Phi) is 6.41. The van der Waals surface area contributed by atoms with Gasteiger partial charge in [-0.15, -0.1) is 0 Å². The molecule has 0 aliphatic carbocycles. The van der Waals surface area contributed by atoms with Gasteiger partial charge in [0.15, 0.2) is 0 Å². The van der Waals surface area contributed by atoms with Crippen LogP contribution in [0.1, 0.15) is 12.8 Å². The molecule has 2 heterocycles. The number of hydrogen-bond donors (Lipinski definition) is 2. The third-order valence-corrected chi connectivity index (χ3v) is 3.97. The van der Waals surface area contributed by atoms with Crippen LogP contribution in [0.25, 0.3) is 0 Å². The van der Waals surface area contributed by atoms with Gasteiger partial charge in [-0.25, -0.2) is 0 Å². The van der Waals surface area contributed by atoms with Crippen LogP contribution in [0.5, 0.6) is 0 Å². The standard InChI is InChI=1S/C14H26N4O3/c1-15-3-2-13(19)16-12-10-14(20)18(11-12)5-4-17-6-8-21-9-7-17/h12,15H,2-11H2,1H3,(H,16,19). The van der Waals surface area contributed by atoms with Crippen LogP contribution in [0.2, 0.25) is 0 Å². The fourth-order valence-electron chi connectivity index (χ4n) is 2.71. The molecule has 7 nitrogen and oxygen atoms in total. The maximum atomic E-state index is 12.0.